The molecule has 0 saturated heterocycles. The van der Waals surface area contributed by atoms with Gasteiger partial charge in [-0.05, 0) is 50.1 Å². The Labute approximate surface area is 114 Å². The summed E-state index contributed by atoms with van der Waals surface area (Å²) in [6.45, 7) is 10.7. The lowest BCUT2D eigenvalue weighted by Crippen LogP contribution is -2.31. The van der Waals surface area contributed by atoms with Crippen molar-refractivity contribution >= 4 is 0 Å². The van der Waals surface area contributed by atoms with Gasteiger partial charge in [0, 0.05) is 20.3 Å². The van der Waals surface area contributed by atoms with Crippen molar-refractivity contribution in [3.63, 3.8) is 0 Å². The van der Waals surface area contributed by atoms with Crippen LogP contribution in [0.2, 0.25) is 0 Å². The standard InChI is InChI=1S/C15H34N2O/c1-5-14(8-10-16)7-6-11-17-13-15(2,3)9-12-18-4/h14,17H,5-13,16H2,1-4H3. The molecule has 0 radical (unpaired) electrons. The van der Waals surface area contributed by atoms with E-state index < -0.39 is 0 Å². The first kappa shape index (κ1) is 17.9. The molecule has 3 N–H and O–H groups in total. The van der Waals surface area contributed by atoms with E-state index in [1.165, 1.54) is 25.7 Å². The monoisotopic (exact) mass is 258 g/mol. The Morgan fingerprint density at radius 1 is 1.28 bits per heavy atom. The van der Waals surface area contributed by atoms with Crippen LogP contribution >= 0.6 is 0 Å². The Bertz CT molecular complexity index is 183. The Hall–Kier alpha value is -0.120. The minimum atomic E-state index is 0.331. The van der Waals surface area contributed by atoms with Crippen LogP contribution < -0.4 is 11.1 Å². The van der Waals surface area contributed by atoms with Crippen molar-refractivity contribution in [2.24, 2.45) is 17.1 Å². The Balaban J connectivity index is 3.54. The van der Waals surface area contributed by atoms with Crippen LogP contribution in [0.15, 0.2) is 0 Å². The Morgan fingerprint density at radius 2 is 2.00 bits per heavy atom. The molecular weight excluding hydrogens is 224 g/mol. The molecule has 0 aromatic rings. The first-order valence-electron chi connectivity index (χ1n) is 7.45. The van der Waals surface area contributed by atoms with Gasteiger partial charge in [-0.1, -0.05) is 27.2 Å². The summed E-state index contributed by atoms with van der Waals surface area (Å²) >= 11 is 0. The first-order valence-corrected chi connectivity index (χ1v) is 7.45. The molecule has 0 spiro atoms. The Morgan fingerprint density at radius 3 is 2.56 bits per heavy atom. The molecule has 1 atom stereocenters. The molecule has 0 fully saturated rings. The summed E-state index contributed by atoms with van der Waals surface area (Å²) in [6, 6.07) is 0. The third-order valence-corrected chi connectivity index (χ3v) is 3.70. The van der Waals surface area contributed by atoms with E-state index in [1.807, 2.05) is 0 Å². The molecule has 0 aliphatic rings. The van der Waals surface area contributed by atoms with Gasteiger partial charge in [0.25, 0.3) is 0 Å². The molecule has 3 heteroatoms. The molecule has 0 aromatic heterocycles. The minimum Gasteiger partial charge on any atom is -0.385 e. The quantitative estimate of drug-likeness (QED) is 0.529. The van der Waals surface area contributed by atoms with Crippen LogP contribution in [-0.4, -0.2) is 33.4 Å². The highest BCUT2D eigenvalue weighted by atomic mass is 16.5. The lowest BCUT2D eigenvalue weighted by atomic mass is 9.89. The number of nitrogens with two attached hydrogens (primary N) is 1. The highest BCUT2D eigenvalue weighted by Gasteiger charge is 2.16. The molecule has 0 bridgehead atoms. The van der Waals surface area contributed by atoms with E-state index >= 15 is 0 Å². The second-order valence-corrected chi connectivity index (χ2v) is 6.08. The van der Waals surface area contributed by atoms with Crippen molar-refractivity contribution in [3.05, 3.63) is 0 Å². The minimum absolute atomic E-state index is 0.331. The summed E-state index contributed by atoms with van der Waals surface area (Å²) in [5, 5.41) is 3.57. The van der Waals surface area contributed by atoms with Crippen LogP contribution in [0.5, 0.6) is 0 Å². The lowest BCUT2D eigenvalue weighted by Gasteiger charge is -2.25. The highest BCUT2D eigenvalue weighted by Crippen LogP contribution is 2.19. The van der Waals surface area contributed by atoms with E-state index in [9.17, 15) is 0 Å². The number of ether oxygens (including phenoxy) is 1. The van der Waals surface area contributed by atoms with Crippen LogP contribution in [0.25, 0.3) is 0 Å². The van der Waals surface area contributed by atoms with E-state index in [0.29, 0.717) is 5.41 Å². The summed E-state index contributed by atoms with van der Waals surface area (Å²) in [7, 11) is 1.77. The van der Waals surface area contributed by atoms with Crippen LogP contribution in [0.1, 0.15) is 52.9 Å². The zero-order chi connectivity index (χ0) is 13.9. The maximum absolute atomic E-state index is 5.61. The fourth-order valence-corrected chi connectivity index (χ4v) is 2.20. The van der Waals surface area contributed by atoms with Crippen molar-refractivity contribution in [3.8, 4) is 0 Å². The smallest absolute Gasteiger partial charge is 0.0467 e. The van der Waals surface area contributed by atoms with Crippen molar-refractivity contribution in [1.29, 1.82) is 0 Å². The SMILES string of the molecule is CCC(CCN)CCCNCC(C)(C)CCOC. The number of hydrogen-bond acceptors (Lipinski definition) is 3. The summed E-state index contributed by atoms with van der Waals surface area (Å²) in [6.07, 6.45) is 6.12. The van der Waals surface area contributed by atoms with E-state index in [0.717, 1.165) is 38.6 Å². The molecule has 18 heavy (non-hydrogen) atoms. The van der Waals surface area contributed by atoms with Gasteiger partial charge in [0.05, 0.1) is 0 Å². The summed E-state index contributed by atoms with van der Waals surface area (Å²) in [5.41, 5.74) is 5.94. The predicted molar refractivity (Wildman–Crippen MR) is 79.8 cm³/mol. The highest BCUT2D eigenvalue weighted by molar-refractivity contribution is 4.71. The summed E-state index contributed by atoms with van der Waals surface area (Å²) in [5.74, 6) is 0.818. The van der Waals surface area contributed by atoms with Crippen molar-refractivity contribution in [2.75, 3.05) is 33.4 Å². The lowest BCUT2D eigenvalue weighted by molar-refractivity contribution is 0.150. The zero-order valence-electron chi connectivity index (χ0n) is 12.9. The summed E-state index contributed by atoms with van der Waals surface area (Å²) < 4.78 is 5.14. The van der Waals surface area contributed by atoms with Gasteiger partial charge in [0.1, 0.15) is 0 Å². The molecule has 0 aromatic carbocycles. The average Bonchev–Trinajstić information content (AvgIpc) is 2.34. The fraction of sp³-hybridized carbons (Fsp3) is 1.00. The molecule has 0 heterocycles. The number of methoxy groups -OCH3 is 1. The number of nitrogens with one attached hydrogen (secondary N) is 1. The summed E-state index contributed by atoms with van der Waals surface area (Å²) in [4.78, 5) is 0. The second-order valence-electron chi connectivity index (χ2n) is 6.08. The first-order chi connectivity index (χ1) is 8.55. The molecule has 1 unspecified atom stereocenters. The van der Waals surface area contributed by atoms with Crippen molar-refractivity contribution in [1.82, 2.24) is 5.32 Å². The third-order valence-electron chi connectivity index (χ3n) is 3.70. The van der Waals surface area contributed by atoms with Crippen molar-refractivity contribution in [2.45, 2.75) is 52.9 Å². The second kappa shape index (κ2) is 10.8. The van der Waals surface area contributed by atoms with Crippen LogP contribution in [0.4, 0.5) is 0 Å². The molecule has 0 aliphatic carbocycles. The fourth-order valence-electron chi connectivity index (χ4n) is 2.20. The average molecular weight is 258 g/mol. The van der Waals surface area contributed by atoms with Gasteiger partial charge >= 0.3 is 0 Å². The topological polar surface area (TPSA) is 47.3 Å². The van der Waals surface area contributed by atoms with Crippen LogP contribution in [0, 0.1) is 11.3 Å². The number of hydrogen-bond donors (Lipinski definition) is 2. The zero-order valence-corrected chi connectivity index (χ0v) is 12.9. The van der Waals surface area contributed by atoms with E-state index in [4.69, 9.17) is 10.5 Å². The van der Waals surface area contributed by atoms with E-state index in [1.54, 1.807) is 7.11 Å². The maximum Gasteiger partial charge on any atom is 0.0467 e. The van der Waals surface area contributed by atoms with Gasteiger partial charge < -0.3 is 15.8 Å². The van der Waals surface area contributed by atoms with Gasteiger partial charge in [-0.3, -0.25) is 0 Å². The van der Waals surface area contributed by atoms with Crippen LogP contribution in [-0.2, 0) is 4.74 Å². The molecule has 0 saturated carbocycles. The van der Waals surface area contributed by atoms with Gasteiger partial charge in [-0.15, -0.1) is 0 Å². The van der Waals surface area contributed by atoms with E-state index in [2.05, 4.69) is 26.1 Å². The van der Waals surface area contributed by atoms with Crippen LogP contribution in [0.3, 0.4) is 0 Å². The molecule has 0 amide bonds. The molecule has 110 valence electrons. The molecule has 3 nitrogen and oxygen atoms in total. The van der Waals surface area contributed by atoms with E-state index in [-0.39, 0.29) is 0 Å². The Kier molecular flexibility index (Phi) is 10.7. The predicted octanol–water partition coefficient (Wildman–Crippen LogP) is 2.79. The molecule has 0 rings (SSSR count). The largest absolute Gasteiger partial charge is 0.385 e. The molecule has 0 aliphatic heterocycles. The van der Waals surface area contributed by atoms with Gasteiger partial charge in [-0.2, -0.15) is 0 Å². The van der Waals surface area contributed by atoms with Gasteiger partial charge in [-0.25, -0.2) is 0 Å². The van der Waals surface area contributed by atoms with Gasteiger partial charge in [0.2, 0.25) is 0 Å². The molecular formula is C15H34N2O. The van der Waals surface area contributed by atoms with Gasteiger partial charge in [0.15, 0.2) is 0 Å². The maximum atomic E-state index is 5.61. The normalized spacial score (nSPS) is 13.8. The van der Waals surface area contributed by atoms with Crippen molar-refractivity contribution < 1.29 is 4.74 Å². The third kappa shape index (κ3) is 9.86. The number of rotatable bonds is 12.